The van der Waals surface area contributed by atoms with Gasteiger partial charge in [-0.2, -0.15) is 0 Å². The molecule has 2 amide bonds. The maximum atomic E-state index is 12.6. The number of hydrogen-bond acceptors (Lipinski definition) is 6. The molecule has 1 aromatic carbocycles. The lowest BCUT2D eigenvalue weighted by atomic mass is 10.2. The highest BCUT2D eigenvalue weighted by molar-refractivity contribution is 6.03. The molecule has 2 aromatic rings. The molecule has 0 unspecified atom stereocenters. The van der Waals surface area contributed by atoms with Gasteiger partial charge in [0.05, 0.1) is 6.61 Å². The largest absolute Gasteiger partial charge is 0.450 e. The number of nitrogens with zero attached hydrogens (tertiary/aromatic N) is 4. The number of rotatable bonds is 4. The molecular weight excluding hydrogens is 358 g/mol. The fourth-order valence-electron chi connectivity index (χ4n) is 3.03. The highest BCUT2D eigenvalue weighted by Crippen LogP contribution is 2.16. The average Bonchev–Trinajstić information content (AvgIpc) is 2.68. The van der Waals surface area contributed by atoms with Crippen LogP contribution in [0.15, 0.2) is 30.3 Å². The quantitative estimate of drug-likeness (QED) is 0.873. The van der Waals surface area contributed by atoms with Gasteiger partial charge in [0.25, 0.3) is 5.91 Å². The number of ether oxygens (including phenoxy) is 1. The first-order valence-electron chi connectivity index (χ1n) is 9.36. The number of piperazine rings is 1. The molecule has 148 valence electrons. The Labute approximate surface area is 164 Å². The number of carbonyl (C=O) groups is 2. The Morgan fingerprint density at radius 2 is 1.86 bits per heavy atom. The molecule has 2 heterocycles. The van der Waals surface area contributed by atoms with Crippen molar-refractivity contribution in [1.29, 1.82) is 0 Å². The maximum absolute atomic E-state index is 12.6. The lowest BCUT2D eigenvalue weighted by Gasteiger charge is -2.34. The molecule has 3 rings (SSSR count). The smallest absolute Gasteiger partial charge is 0.409 e. The van der Waals surface area contributed by atoms with E-state index in [-0.39, 0.29) is 12.0 Å². The number of benzene rings is 1. The summed E-state index contributed by atoms with van der Waals surface area (Å²) in [5.41, 5.74) is 2.83. The van der Waals surface area contributed by atoms with Gasteiger partial charge in [0.15, 0.2) is 0 Å². The van der Waals surface area contributed by atoms with Crippen LogP contribution in [0.2, 0.25) is 0 Å². The average molecular weight is 383 g/mol. The minimum atomic E-state index is -0.300. The van der Waals surface area contributed by atoms with Crippen molar-refractivity contribution in [3.63, 3.8) is 0 Å². The Hall–Kier alpha value is -3.16. The van der Waals surface area contributed by atoms with Crippen molar-refractivity contribution in [2.75, 3.05) is 43.0 Å². The molecule has 0 bridgehead atoms. The Bertz CT molecular complexity index is 863. The molecule has 8 heteroatoms. The molecule has 0 spiro atoms. The van der Waals surface area contributed by atoms with E-state index >= 15 is 0 Å². The molecule has 28 heavy (non-hydrogen) atoms. The van der Waals surface area contributed by atoms with Crippen LogP contribution in [0.25, 0.3) is 0 Å². The number of carbonyl (C=O) groups excluding carboxylic acids is 2. The van der Waals surface area contributed by atoms with Gasteiger partial charge in [-0.1, -0.05) is 12.1 Å². The molecule has 1 fully saturated rings. The van der Waals surface area contributed by atoms with Crippen LogP contribution in [0, 0.1) is 13.8 Å². The lowest BCUT2D eigenvalue weighted by Crippen LogP contribution is -2.49. The van der Waals surface area contributed by atoms with Crippen LogP contribution in [-0.2, 0) is 4.74 Å². The molecule has 1 aromatic heterocycles. The van der Waals surface area contributed by atoms with Crippen molar-refractivity contribution in [2.24, 2.45) is 0 Å². The van der Waals surface area contributed by atoms with E-state index in [2.05, 4.69) is 15.3 Å². The van der Waals surface area contributed by atoms with Crippen molar-refractivity contribution < 1.29 is 14.3 Å². The SMILES string of the molecule is CCOC(=O)N1CCN(c2nc(C)cc(C(=O)Nc3cccc(C)c3)n2)CC1. The van der Waals surface area contributed by atoms with E-state index in [9.17, 15) is 9.59 Å². The third kappa shape index (κ3) is 4.76. The van der Waals surface area contributed by atoms with Gasteiger partial charge >= 0.3 is 6.09 Å². The van der Waals surface area contributed by atoms with Crippen LogP contribution in [0.4, 0.5) is 16.4 Å². The van der Waals surface area contributed by atoms with Gasteiger partial charge in [0.1, 0.15) is 5.69 Å². The van der Waals surface area contributed by atoms with Gasteiger partial charge in [-0.25, -0.2) is 14.8 Å². The summed E-state index contributed by atoms with van der Waals surface area (Å²) in [6.07, 6.45) is -0.300. The molecule has 1 aliphatic heterocycles. The van der Waals surface area contributed by atoms with Gasteiger partial charge in [0, 0.05) is 37.6 Å². The fourth-order valence-corrected chi connectivity index (χ4v) is 3.03. The Balaban J connectivity index is 1.70. The second-order valence-electron chi connectivity index (χ2n) is 6.69. The number of nitrogens with one attached hydrogen (secondary N) is 1. The summed E-state index contributed by atoms with van der Waals surface area (Å²) >= 11 is 0. The van der Waals surface area contributed by atoms with E-state index in [1.54, 1.807) is 17.9 Å². The van der Waals surface area contributed by atoms with Crippen LogP contribution in [0.3, 0.4) is 0 Å². The second kappa shape index (κ2) is 8.69. The first-order chi connectivity index (χ1) is 13.5. The van der Waals surface area contributed by atoms with Crippen LogP contribution in [-0.4, -0.2) is 59.7 Å². The maximum Gasteiger partial charge on any atom is 0.409 e. The molecule has 8 nitrogen and oxygen atoms in total. The van der Waals surface area contributed by atoms with Gasteiger partial charge in [-0.05, 0) is 44.5 Å². The van der Waals surface area contributed by atoms with E-state index in [1.165, 1.54) is 0 Å². The van der Waals surface area contributed by atoms with Crippen LogP contribution < -0.4 is 10.2 Å². The van der Waals surface area contributed by atoms with Crippen molar-refractivity contribution in [3.05, 3.63) is 47.3 Å². The first kappa shape index (κ1) is 19.6. The van der Waals surface area contributed by atoms with Crippen LogP contribution >= 0.6 is 0 Å². The number of amides is 2. The molecule has 0 aliphatic carbocycles. The van der Waals surface area contributed by atoms with Gasteiger partial charge in [0.2, 0.25) is 5.95 Å². The molecule has 0 saturated carbocycles. The van der Waals surface area contributed by atoms with E-state index in [0.29, 0.717) is 50.1 Å². The Kier molecular flexibility index (Phi) is 6.08. The molecular formula is C20H25N5O3. The highest BCUT2D eigenvalue weighted by atomic mass is 16.6. The summed E-state index contributed by atoms with van der Waals surface area (Å²) in [5.74, 6) is 0.223. The zero-order valence-electron chi connectivity index (χ0n) is 16.4. The summed E-state index contributed by atoms with van der Waals surface area (Å²) < 4.78 is 5.04. The number of anilines is 2. The third-order valence-corrected chi connectivity index (χ3v) is 4.44. The molecule has 1 N–H and O–H groups in total. The van der Waals surface area contributed by atoms with E-state index in [0.717, 1.165) is 11.3 Å². The topological polar surface area (TPSA) is 87.7 Å². The second-order valence-corrected chi connectivity index (χ2v) is 6.69. The van der Waals surface area contributed by atoms with E-state index in [1.807, 2.05) is 43.0 Å². The molecule has 1 saturated heterocycles. The molecule has 0 radical (unpaired) electrons. The first-order valence-corrected chi connectivity index (χ1v) is 9.36. The predicted molar refractivity (Wildman–Crippen MR) is 107 cm³/mol. The zero-order chi connectivity index (χ0) is 20.1. The number of aryl methyl sites for hydroxylation is 2. The summed E-state index contributed by atoms with van der Waals surface area (Å²) in [6, 6.07) is 9.28. The van der Waals surface area contributed by atoms with Crippen molar-refractivity contribution in [3.8, 4) is 0 Å². The monoisotopic (exact) mass is 383 g/mol. The van der Waals surface area contributed by atoms with Crippen LogP contribution in [0.5, 0.6) is 0 Å². The summed E-state index contributed by atoms with van der Waals surface area (Å²) in [6.45, 7) is 8.18. The predicted octanol–water partition coefficient (Wildman–Crippen LogP) is 2.62. The van der Waals surface area contributed by atoms with E-state index < -0.39 is 0 Å². The standard InChI is InChI=1S/C20H25N5O3/c1-4-28-20(27)25-10-8-24(9-11-25)19-21-15(3)13-17(23-19)18(26)22-16-7-5-6-14(2)12-16/h5-7,12-13H,4,8-11H2,1-3H3,(H,22,26). The van der Waals surface area contributed by atoms with Gasteiger partial charge in [-0.3, -0.25) is 4.79 Å². The third-order valence-electron chi connectivity index (χ3n) is 4.44. The minimum absolute atomic E-state index is 0.275. The number of hydrogen-bond donors (Lipinski definition) is 1. The fraction of sp³-hybridized carbons (Fsp3) is 0.400. The Morgan fingerprint density at radius 1 is 1.11 bits per heavy atom. The minimum Gasteiger partial charge on any atom is -0.450 e. The van der Waals surface area contributed by atoms with Crippen LogP contribution in [0.1, 0.15) is 28.7 Å². The Morgan fingerprint density at radius 3 is 2.54 bits per heavy atom. The lowest BCUT2D eigenvalue weighted by molar-refractivity contribution is 0.102. The molecule has 0 atom stereocenters. The van der Waals surface area contributed by atoms with Crippen molar-refractivity contribution in [1.82, 2.24) is 14.9 Å². The van der Waals surface area contributed by atoms with Crippen molar-refractivity contribution >= 4 is 23.6 Å². The normalized spacial score (nSPS) is 14.0. The zero-order valence-corrected chi connectivity index (χ0v) is 16.4. The summed E-state index contributed by atoms with van der Waals surface area (Å²) in [7, 11) is 0. The summed E-state index contributed by atoms with van der Waals surface area (Å²) in [5, 5.41) is 2.88. The van der Waals surface area contributed by atoms with Crippen molar-refractivity contribution in [2.45, 2.75) is 20.8 Å². The summed E-state index contributed by atoms with van der Waals surface area (Å²) in [4.78, 5) is 37.0. The highest BCUT2D eigenvalue weighted by Gasteiger charge is 2.24. The van der Waals surface area contributed by atoms with Gasteiger partial charge in [-0.15, -0.1) is 0 Å². The van der Waals surface area contributed by atoms with E-state index in [4.69, 9.17) is 4.74 Å². The molecule has 1 aliphatic rings. The number of aromatic nitrogens is 2. The van der Waals surface area contributed by atoms with Gasteiger partial charge < -0.3 is 19.9 Å².